The van der Waals surface area contributed by atoms with Crippen molar-refractivity contribution in [2.75, 3.05) is 26.2 Å². The van der Waals surface area contributed by atoms with E-state index in [9.17, 15) is 0 Å². The topological polar surface area (TPSA) is 38.5 Å². The predicted molar refractivity (Wildman–Crippen MR) is 63.9 cm³/mol. The highest BCUT2D eigenvalue weighted by molar-refractivity contribution is 4.83. The van der Waals surface area contributed by atoms with Crippen LogP contribution in [0.2, 0.25) is 0 Å². The molecule has 15 heavy (non-hydrogen) atoms. The number of nitrogens with zero attached hydrogens (tertiary/aromatic N) is 1. The number of nitrogens with two attached hydrogens (primary N) is 1. The first kappa shape index (κ1) is 12.9. The molecule has 1 rings (SSSR count). The molecule has 0 aromatic carbocycles. The van der Waals surface area contributed by atoms with Gasteiger partial charge in [-0.2, -0.15) is 0 Å². The second-order valence-corrected chi connectivity index (χ2v) is 4.65. The van der Waals surface area contributed by atoms with Crippen LogP contribution in [-0.2, 0) is 4.74 Å². The van der Waals surface area contributed by atoms with Crippen molar-refractivity contribution in [3.8, 4) is 0 Å². The number of ether oxygens (including phenoxy) is 1. The molecule has 3 heteroatoms. The summed E-state index contributed by atoms with van der Waals surface area (Å²) in [5.74, 6) is 0.566. The van der Waals surface area contributed by atoms with Gasteiger partial charge in [-0.1, -0.05) is 27.2 Å². The predicted octanol–water partition coefficient (Wildman–Crippen LogP) is 1.47. The molecule has 0 spiro atoms. The Morgan fingerprint density at radius 3 is 2.80 bits per heavy atom. The quantitative estimate of drug-likeness (QED) is 0.753. The summed E-state index contributed by atoms with van der Waals surface area (Å²) in [6.45, 7) is 10.7. The zero-order valence-corrected chi connectivity index (χ0v) is 10.4. The summed E-state index contributed by atoms with van der Waals surface area (Å²) >= 11 is 0. The van der Waals surface area contributed by atoms with Gasteiger partial charge in [0.1, 0.15) is 0 Å². The van der Waals surface area contributed by atoms with Gasteiger partial charge in [-0.3, -0.25) is 4.90 Å². The molecular formula is C12H26N2O. The minimum Gasteiger partial charge on any atom is -0.374 e. The fourth-order valence-electron chi connectivity index (χ4n) is 2.27. The summed E-state index contributed by atoms with van der Waals surface area (Å²) in [5.41, 5.74) is 6.24. The second-order valence-electron chi connectivity index (χ2n) is 4.65. The van der Waals surface area contributed by atoms with E-state index in [4.69, 9.17) is 10.5 Å². The standard InChI is InChI=1S/C12H26N2O/c1-4-6-10(3)12(13)11-9-14(5-2)7-8-15-11/h10-12H,4-9,13H2,1-3H3. The molecule has 3 unspecified atom stereocenters. The Bertz CT molecular complexity index is 175. The molecule has 0 bridgehead atoms. The van der Waals surface area contributed by atoms with Gasteiger partial charge in [0.15, 0.2) is 0 Å². The van der Waals surface area contributed by atoms with Crippen molar-refractivity contribution in [3.63, 3.8) is 0 Å². The van der Waals surface area contributed by atoms with Gasteiger partial charge in [0.25, 0.3) is 0 Å². The fraction of sp³-hybridized carbons (Fsp3) is 1.00. The number of likely N-dealkylation sites (N-methyl/N-ethyl adjacent to an activating group) is 1. The lowest BCUT2D eigenvalue weighted by Gasteiger charge is -2.37. The van der Waals surface area contributed by atoms with Gasteiger partial charge in [-0.25, -0.2) is 0 Å². The first-order chi connectivity index (χ1) is 7.19. The molecule has 0 radical (unpaired) electrons. The van der Waals surface area contributed by atoms with Crippen molar-refractivity contribution in [2.45, 2.75) is 45.8 Å². The molecule has 3 atom stereocenters. The normalized spacial score (nSPS) is 27.6. The summed E-state index contributed by atoms with van der Waals surface area (Å²) in [5, 5.41) is 0. The number of morpholine rings is 1. The maximum atomic E-state index is 6.24. The van der Waals surface area contributed by atoms with Crippen molar-refractivity contribution in [1.82, 2.24) is 4.90 Å². The van der Waals surface area contributed by atoms with Crippen LogP contribution in [0.15, 0.2) is 0 Å². The lowest BCUT2D eigenvalue weighted by molar-refractivity contribution is -0.0471. The third-order valence-corrected chi connectivity index (χ3v) is 3.46. The third kappa shape index (κ3) is 3.74. The average Bonchev–Trinajstić information content (AvgIpc) is 2.28. The van der Waals surface area contributed by atoms with Crippen LogP contribution in [0.5, 0.6) is 0 Å². The van der Waals surface area contributed by atoms with Crippen molar-refractivity contribution >= 4 is 0 Å². The molecular weight excluding hydrogens is 188 g/mol. The van der Waals surface area contributed by atoms with Crippen molar-refractivity contribution in [3.05, 3.63) is 0 Å². The Morgan fingerprint density at radius 1 is 1.47 bits per heavy atom. The summed E-state index contributed by atoms with van der Waals surface area (Å²) in [6, 6.07) is 0.194. The van der Waals surface area contributed by atoms with Crippen LogP contribution < -0.4 is 5.73 Å². The van der Waals surface area contributed by atoms with Crippen LogP contribution >= 0.6 is 0 Å². The molecule has 0 aromatic heterocycles. The molecule has 1 heterocycles. The summed E-state index contributed by atoms with van der Waals surface area (Å²) in [4.78, 5) is 2.42. The number of rotatable bonds is 5. The van der Waals surface area contributed by atoms with Crippen LogP contribution in [0.4, 0.5) is 0 Å². The highest BCUT2D eigenvalue weighted by atomic mass is 16.5. The van der Waals surface area contributed by atoms with E-state index in [0.717, 1.165) is 26.2 Å². The van der Waals surface area contributed by atoms with Crippen LogP contribution in [0, 0.1) is 5.92 Å². The van der Waals surface area contributed by atoms with Gasteiger partial charge in [0.05, 0.1) is 12.7 Å². The molecule has 1 saturated heterocycles. The molecule has 0 amide bonds. The zero-order chi connectivity index (χ0) is 11.3. The van der Waals surface area contributed by atoms with Gasteiger partial charge < -0.3 is 10.5 Å². The lowest BCUT2D eigenvalue weighted by atomic mass is 9.92. The van der Waals surface area contributed by atoms with Crippen molar-refractivity contribution in [1.29, 1.82) is 0 Å². The minimum atomic E-state index is 0.194. The van der Waals surface area contributed by atoms with E-state index in [1.54, 1.807) is 0 Å². The Hall–Kier alpha value is -0.120. The molecule has 0 aromatic rings. The SMILES string of the molecule is CCCC(C)C(N)C1CN(CC)CCO1. The average molecular weight is 214 g/mol. The van der Waals surface area contributed by atoms with Crippen LogP contribution in [-0.4, -0.2) is 43.3 Å². The molecule has 90 valence electrons. The van der Waals surface area contributed by atoms with Gasteiger partial charge in [-0.05, 0) is 18.9 Å². The molecule has 3 nitrogen and oxygen atoms in total. The first-order valence-electron chi connectivity index (χ1n) is 6.28. The fourth-order valence-corrected chi connectivity index (χ4v) is 2.27. The van der Waals surface area contributed by atoms with Gasteiger partial charge in [-0.15, -0.1) is 0 Å². The van der Waals surface area contributed by atoms with Crippen molar-refractivity contribution in [2.24, 2.45) is 11.7 Å². The second kappa shape index (κ2) is 6.46. The maximum Gasteiger partial charge on any atom is 0.0855 e. The zero-order valence-electron chi connectivity index (χ0n) is 10.4. The molecule has 1 aliphatic rings. The molecule has 0 aliphatic carbocycles. The highest BCUT2D eigenvalue weighted by Gasteiger charge is 2.28. The van der Waals surface area contributed by atoms with E-state index in [0.29, 0.717) is 5.92 Å². The van der Waals surface area contributed by atoms with E-state index in [2.05, 4.69) is 25.7 Å². The van der Waals surface area contributed by atoms with Gasteiger partial charge in [0.2, 0.25) is 0 Å². The maximum absolute atomic E-state index is 6.24. The number of hydrogen-bond acceptors (Lipinski definition) is 3. The van der Waals surface area contributed by atoms with Gasteiger partial charge in [0, 0.05) is 19.1 Å². The van der Waals surface area contributed by atoms with Crippen LogP contribution in [0.25, 0.3) is 0 Å². The first-order valence-corrected chi connectivity index (χ1v) is 6.28. The van der Waals surface area contributed by atoms with E-state index in [-0.39, 0.29) is 12.1 Å². The largest absolute Gasteiger partial charge is 0.374 e. The van der Waals surface area contributed by atoms with Crippen molar-refractivity contribution < 1.29 is 4.74 Å². The Kier molecular flexibility index (Phi) is 5.58. The third-order valence-electron chi connectivity index (χ3n) is 3.46. The van der Waals surface area contributed by atoms with Crippen LogP contribution in [0.1, 0.15) is 33.6 Å². The lowest BCUT2D eigenvalue weighted by Crippen LogP contribution is -2.52. The Morgan fingerprint density at radius 2 is 2.20 bits per heavy atom. The summed E-state index contributed by atoms with van der Waals surface area (Å²) in [6.07, 6.45) is 2.65. The highest BCUT2D eigenvalue weighted by Crippen LogP contribution is 2.17. The minimum absolute atomic E-state index is 0.194. The molecule has 0 saturated carbocycles. The summed E-state index contributed by atoms with van der Waals surface area (Å²) in [7, 11) is 0. The smallest absolute Gasteiger partial charge is 0.0855 e. The van der Waals surface area contributed by atoms with Crippen LogP contribution in [0.3, 0.4) is 0 Å². The number of hydrogen-bond donors (Lipinski definition) is 1. The summed E-state index contributed by atoms with van der Waals surface area (Å²) < 4.78 is 5.77. The molecule has 1 fully saturated rings. The Balaban J connectivity index is 2.40. The monoisotopic (exact) mass is 214 g/mol. The van der Waals surface area contributed by atoms with E-state index >= 15 is 0 Å². The molecule has 2 N–H and O–H groups in total. The van der Waals surface area contributed by atoms with E-state index < -0.39 is 0 Å². The van der Waals surface area contributed by atoms with E-state index in [1.807, 2.05) is 0 Å². The van der Waals surface area contributed by atoms with Gasteiger partial charge >= 0.3 is 0 Å². The Labute approximate surface area is 94.0 Å². The van der Waals surface area contributed by atoms with E-state index in [1.165, 1.54) is 12.8 Å². The molecule has 1 aliphatic heterocycles.